The standard InChI is InChI=1S/C20H19N3O4S/c24-14-5-6-16(17(25)9-14)23-11-13-4-3-12(8-15(13)19(23)26)10-21-20(27)22-18-2-1-7-28-18/h1-4,7-8,16H,5-6,9-11H2,(H2,21,22,27). The van der Waals surface area contributed by atoms with Gasteiger partial charge < -0.3 is 10.2 Å². The van der Waals surface area contributed by atoms with Gasteiger partial charge >= 0.3 is 6.03 Å². The first-order chi connectivity index (χ1) is 13.5. The number of nitrogens with zero attached hydrogens (tertiary/aromatic N) is 1. The van der Waals surface area contributed by atoms with Crippen LogP contribution < -0.4 is 10.6 Å². The van der Waals surface area contributed by atoms with Crippen molar-refractivity contribution in [2.75, 3.05) is 5.32 Å². The first-order valence-electron chi connectivity index (χ1n) is 9.07. The number of ketones is 2. The quantitative estimate of drug-likeness (QED) is 0.776. The van der Waals surface area contributed by atoms with Crippen LogP contribution in [-0.2, 0) is 22.7 Å². The zero-order valence-electron chi connectivity index (χ0n) is 15.1. The van der Waals surface area contributed by atoms with Gasteiger partial charge in [-0.15, -0.1) is 11.3 Å². The first-order valence-corrected chi connectivity index (χ1v) is 9.95. The number of anilines is 1. The fourth-order valence-electron chi connectivity index (χ4n) is 3.61. The van der Waals surface area contributed by atoms with E-state index in [0.29, 0.717) is 24.9 Å². The lowest BCUT2D eigenvalue weighted by Crippen LogP contribution is -2.44. The Balaban J connectivity index is 1.40. The Hall–Kier alpha value is -3.00. The van der Waals surface area contributed by atoms with Gasteiger partial charge in [-0.05, 0) is 41.1 Å². The maximum Gasteiger partial charge on any atom is 0.320 e. The summed E-state index contributed by atoms with van der Waals surface area (Å²) in [4.78, 5) is 50.0. The van der Waals surface area contributed by atoms with Gasteiger partial charge in [0.2, 0.25) is 0 Å². The summed E-state index contributed by atoms with van der Waals surface area (Å²) in [5.74, 6) is -0.420. The second-order valence-corrected chi connectivity index (χ2v) is 7.89. The van der Waals surface area contributed by atoms with Crippen molar-refractivity contribution in [2.45, 2.75) is 38.4 Å². The Morgan fingerprint density at radius 3 is 2.82 bits per heavy atom. The molecule has 1 aliphatic heterocycles. The molecule has 2 N–H and O–H groups in total. The van der Waals surface area contributed by atoms with Crippen LogP contribution in [0.5, 0.6) is 0 Å². The number of benzene rings is 1. The minimum absolute atomic E-state index is 0.0559. The molecule has 0 bridgehead atoms. The van der Waals surface area contributed by atoms with Crippen LogP contribution in [0.25, 0.3) is 0 Å². The van der Waals surface area contributed by atoms with E-state index < -0.39 is 6.04 Å². The van der Waals surface area contributed by atoms with Gasteiger partial charge in [-0.1, -0.05) is 12.1 Å². The maximum absolute atomic E-state index is 12.8. The molecule has 1 aromatic carbocycles. The lowest BCUT2D eigenvalue weighted by molar-refractivity contribution is -0.133. The number of Topliss-reactive ketones (excluding diaryl/α,β-unsaturated/α-hetero) is 2. The average molecular weight is 397 g/mol. The Labute approximate surface area is 165 Å². The van der Waals surface area contributed by atoms with Crippen molar-refractivity contribution in [3.63, 3.8) is 0 Å². The minimum atomic E-state index is -0.518. The van der Waals surface area contributed by atoms with Gasteiger partial charge in [-0.3, -0.25) is 19.7 Å². The number of rotatable bonds is 4. The molecule has 1 fully saturated rings. The molecular formula is C20H19N3O4S. The normalized spacial score (nSPS) is 18.9. The average Bonchev–Trinajstić information content (AvgIpc) is 3.28. The minimum Gasteiger partial charge on any atom is -0.334 e. The lowest BCUT2D eigenvalue weighted by atomic mass is 9.92. The predicted octanol–water partition coefficient (Wildman–Crippen LogP) is 2.72. The number of carbonyl (C=O) groups excluding carboxylic acids is 4. The van der Waals surface area contributed by atoms with Crippen LogP contribution in [0.2, 0.25) is 0 Å². The molecule has 1 atom stereocenters. The highest BCUT2D eigenvalue weighted by Gasteiger charge is 2.38. The summed E-state index contributed by atoms with van der Waals surface area (Å²) in [6, 6.07) is 8.33. The van der Waals surface area contributed by atoms with Gasteiger partial charge in [0.1, 0.15) is 5.78 Å². The molecule has 8 heteroatoms. The highest BCUT2D eigenvalue weighted by molar-refractivity contribution is 7.14. The van der Waals surface area contributed by atoms with Gasteiger partial charge in [0, 0.05) is 25.1 Å². The van der Waals surface area contributed by atoms with E-state index in [4.69, 9.17) is 0 Å². The largest absolute Gasteiger partial charge is 0.334 e. The molecule has 1 aliphatic carbocycles. The van der Waals surface area contributed by atoms with Gasteiger partial charge in [0.25, 0.3) is 5.91 Å². The van der Waals surface area contributed by atoms with E-state index in [1.807, 2.05) is 29.6 Å². The summed E-state index contributed by atoms with van der Waals surface area (Å²) in [6.07, 6.45) is 0.652. The summed E-state index contributed by atoms with van der Waals surface area (Å²) >= 11 is 1.43. The van der Waals surface area contributed by atoms with Crippen molar-refractivity contribution >= 4 is 39.8 Å². The Morgan fingerprint density at radius 2 is 2.07 bits per heavy atom. The van der Waals surface area contributed by atoms with E-state index >= 15 is 0 Å². The van der Waals surface area contributed by atoms with E-state index in [1.165, 1.54) is 11.3 Å². The summed E-state index contributed by atoms with van der Waals surface area (Å²) in [5, 5.41) is 8.14. The highest BCUT2D eigenvalue weighted by Crippen LogP contribution is 2.29. The number of nitrogens with one attached hydrogen (secondary N) is 2. The van der Waals surface area contributed by atoms with Gasteiger partial charge in [0.05, 0.1) is 17.5 Å². The van der Waals surface area contributed by atoms with Crippen LogP contribution in [-0.4, -0.2) is 34.4 Å². The van der Waals surface area contributed by atoms with Crippen LogP contribution in [0.4, 0.5) is 9.80 Å². The van der Waals surface area contributed by atoms with Crippen molar-refractivity contribution in [1.82, 2.24) is 10.2 Å². The summed E-state index contributed by atoms with van der Waals surface area (Å²) in [7, 11) is 0. The monoisotopic (exact) mass is 397 g/mol. The molecule has 2 heterocycles. The third kappa shape index (κ3) is 3.68. The third-order valence-electron chi connectivity index (χ3n) is 5.03. The molecular weight excluding hydrogens is 378 g/mol. The van der Waals surface area contributed by atoms with Crippen LogP contribution in [0.1, 0.15) is 40.7 Å². The number of fused-ring (bicyclic) bond motifs is 1. The lowest BCUT2D eigenvalue weighted by Gasteiger charge is -2.29. The molecule has 7 nitrogen and oxygen atoms in total. The van der Waals surface area contributed by atoms with Crippen molar-refractivity contribution in [2.24, 2.45) is 0 Å². The van der Waals surface area contributed by atoms with Crippen molar-refractivity contribution < 1.29 is 19.2 Å². The molecule has 0 saturated heterocycles. The van der Waals surface area contributed by atoms with Gasteiger partial charge in [-0.25, -0.2) is 4.79 Å². The fourth-order valence-corrected chi connectivity index (χ4v) is 4.22. The number of thiophene rings is 1. The topological polar surface area (TPSA) is 95.6 Å². The Kier molecular flexibility index (Phi) is 4.95. The Bertz CT molecular complexity index is 954. The molecule has 3 amide bonds. The van der Waals surface area contributed by atoms with E-state index in [1.54, 1.807) is 11.0 Å². The molecule has 2 aliphatic rings. The van der Waals surface area contributed by atoms with Crippen LogP contribution >= 0.6 is 11.3 Å². The van der Waals surface area contributed by atoms with E-state index in [9.17, 15) is 19.2 Å². The molecule has 1 aromatic heterocycles. The van der Waals surface area contributed by atoms with Gasteiger partial charge in [0.15, 0.2) is 5.78 Å². The number of hydrogen-bond acceptors (Lipinski definition) is 5. The SMILES string of the molecule is O=C1CCC(N2Cc3ccc(CNC(=O)Nc4cccs4)cc3C2=O)C(=O)C1. The van der Waals surface area contributed by atoms with Crippen LogP contribution in [0.15, 0.2) is 35.7 Å². The summed E-state index contributed by atoms with van der Waals surface area (Å²) in [6.45, 7) is 0.667. The molecule has 0 spiro atoms. The zero-order valence-corrected chi connectivity index (χ0v) is 15.9. The van der Waals surface area contributed by atoms with Crippen LogP contribution in [0, 0.1) is 0 Å². The van der Waals surface area contributed by atoms with Crippen molar-refractivity contribution in [3.05, 3.63) is 52.4 Å². The first kappa shape index (κ1) is 18.4. The molecule has 28 heavy (non-hydrogen) atoms. The second kappa shape index (κ2) is 7.55. The molecule has 2 aromatic rings. The maximum atomic E-state index is 12.8. The highest BCUT2D eigenvalue weighted by atomic mass is 32.1. The Morgan fingerprint density at radius 1 is 1.21 bits per heavy atom. The van der Waals surface area contributed by atoms with Crippen LogP contribution in [0.3, 0.4) is 0 Å². The van der Waals surface area contributed by atoms with Crippen molar-refractivity contribution in [1.29, 1.82) is 0 Å². The molecule has 1 unspecified atom stereocenters. The summed E-state index contributed by atoms with van der Waals surface area (Å²) < 4.78 is 0. The van der Waals surface area contributed by atoms with Crippen molar-refractivity contribution in [3.8, 4) is 0 Å². The molecule has 0 radical (unpaired) electrons. The van der Waals surface area contributed by atoms with E-state index in [2.05, 4.69) is 10.6 Å². The number of hydrogen-bond donors (Lipinski definition) is 2. The fraction of sp³-hybridized carbons (Fsp3) is 0.300. The van der Waals surface area contributed by atoms with E-state index in [-0.39, 0.29) is 36.5 Å². The number of amides is 3. The summed E-state index contributed by atoms with van der Waals surface area (Å²) in [5.41, 5.74) is 2.23. The molecule has 4 rings (SSSR count). The third-order valence-corrected chi connectivity index (χ3v) is 5.82. The predicted molar refractivity (Wildman–Crippen MR) is 104 cm³/mol. The van der Waals surface area contributed by atoms with Gasteiger partial charge in [-0.2, -0.15) is 0 Å². The molecule has 1 saturated carbocycles. The number of urea groups is 1. The second-order valence-electron chi connectivity index (χ2n) is 6.95. The van der Waals surface area contributed by atoms with E-state index in [0.717, 1.165) is 16.1 Å². The zero-order chi connectivity index (χ0) is 19.7. The number of carbonyl (C=O) groups is 4. The molecule has 144 valence electrons. The smallest absolute Gasteiger partial charge is 0.320 e.